The fourth-order valence-corrected chi connectivity index (χ4v) is 2.26. The standard InChI is InChI=1S/C14H29N3O/c1-11(13(18)16-14(2,3)4)17(5)10-12-8-6-7-9-15-12/h11-12,15H,6-10H2,1-5H3,(H,16,18). The Bertz CT molecular complexity index is 267. The summed E-state index contributed by atoms with van der Waals surface area (Å²) < 4.78 is 0. The van der Waals surface area contributed by atoms with Gasteiger partial charge in [-0.25, -0.2) is 0 Å². The molecule has 0 spiro atoms. The van der Waals surface area contributed by atoms with E-state index in [0.717, 1.165) is 13.1 Å². The van der Waals surface area contributed by atoms with Crippen LogP contribution in [0.1, 0.15) is 47.0 Å². The summed E-state index contributed by atoms with van der Waals surface area (Å²) in [4.78, 5) is 14.2. The number of carbonyl (C=O) groups excluding carboxylic acids is 1. The summed E-state index contributed by atoms with van der Waals surface area (Å²) in [6, 6.07) is 0.460. The van der Waals surface area contributed by atoms with Gasteiger partial charge < -0.3 is 10.6 Å². The molecule has 18 heavy (non-hydrogen) atoms. The summed E-state index contributed by atoms with van der Waals surface area (Å²) in [5.41, 5.74) is -0.157. The lowest BCUT2D eigenvalue weighted by atomic mass is 10.0. The molecule has 0 radical (unpaired) electrons. The zero-order valence-electron chi connectivity index (χ0n) is 12.5. The van der Waals surface area contributed by atoms with E-state index in [1.807, 2.05) is 34.7 Å². The maximum atomic E-state index is 12.1. The summed E-state index contributed by atoms with van der Waals surface area (Å²) in [5, 5.41) is 6.55. The average Bonchev–Trinajstić information content (AvgIpc) is 2.27. The molecule has 1 aliphatic heterocycles. The topological polar surface area (TPSA) is 44.4 Å². The van der Waals surface area contributed by atoms with Crippen LogP contribution >= 0.6 is 0 Å². The molecule has 4 heteroatoms. The number of hydrogen-bond donors (Lipinski definition) is 2. The number of hydrogen-bond acceptors (Lipinski definition) is 3. The number of nitrogens with one attached hydrogen (secondary N) is 2. The fourth-order valence-electron chi connectivity index (χ4n) is 2.26. The predicted molar refractivity (Wildman–Crippen MR) is 75.6 cm³/mol. The van der Waals surface area contributed by atoms with Crippen molar-refractivity contribution in [1.82, 2.24) is 15.5 Å². The molecule has 4 nitrogen and oxygen atoms in total. The third-order valence-electron chi connectivity index (χ3n) is 3.46. The Balaban J connectivity index is 2.39. The van der Waals surface area contributed by atoms with Gasteiger partial charge in [0, 0.05) is 18.1 Å². The lowest BCUT2D eigenvalue weighted by molar-refractivity contribution is -0.127. The van der Waals surface area contributed by atoms with E-state index in [9.17, 15) is 4.79 Å². The Morgan fingerprint density at radius 3 is 2.61 bits per heavy atom. The smallest absolute Gasteiger partial charge is 0.237 e. The van der Waals surface area contributed by atoms with Crippen molar-refractivity contribution in [2.24, 2.45) is 0 Å². The van der Waals surface area contributed by atoms with Crippen LogP contribution in [0.5, 0.6) is 0 Å². The molecule has 0 aromatic rings. The molecule has 0 aliphatic carbocycles. The van der Waals surface area contributed by atoms with Gasteiger partial charge in [-0.05, 0) is 54.1 Å². The Kier molecular flexibility index (Phi) is 5.60. The first-order valence-corrected chi connectivity index (χ1v) is 7.05. The average molecular weight is 255 g/mol. The third-order valence-corrected chi connectivity index (χ3v) is 3.46. The summed E-state index contributed by atoms with van der Waals surface area (Å²) in [6.07, 6.45) is 3.80. The van der Waals surface area contributed by atoms with Crippen LogP contribution in [0.4, 0.5) is 0 Å². The highest BCUT2D eigenvalue weighted by Crippen LogP contribution is 2.10. The highest BCUT2D eigenvalue weighted by molar-refractivity contribution is 5.81. The van der Waals surface area contributed by atoms with Crippen molar-refractivity contribution in [3.63, 3.8) is 0 Å². The van der Waals surface area contributed by atoms with Gasteiger partial charge in [0.25, 0.3) is 0 Å². The number of nitrogens with zero attached hydrogens (tertiary/aromatic N) is 1. The molecule has 1 amide bonds. The normalized spacial score (nSPS) is 22.9. The van der Waals surface area contributed by atoms with Gasteiger partial charge >= 0.3 is 0 Å². The first-order chi connectivity index (χ1) is 8.29. The lowest BCUT2D eigenvalue weighted by Gasteiger charge is -2.32. The molecule has 0 aromatic carbocycles. The van der Waals surface area contributed by atoms with Crippen molar-refractivity contribution < 1.29 is 4.79 Å². The van der Waals surface area contributed by atoms with Gasteiger partial charge in [-0.2, -0.15) is 0 Å². The van der Waals surface area contributed by atoms with E-state index in [2.05, 4.69) is 15.5 Å². The Morgan fingerprint density at radius 1 is 1.44 bits per heavy atom. The Morgan fingerprint density at radius 2 is 2.11 bits per heavy atom. The SMILES string of the molecule is CC(C(=O)NC(C)(C)C)N(C)CC1CCCCN1. The van der Waals surface area contributed by atoms with E-state index >= 15 is 0 Å². The van der Waals surface area contributed by atoms with Gasteiger partial charge in [0.1, 0.15) is 0 Å². The van der Waals surface area contributed by atoms with E-state index < -0.39 is 0 Å². The van der Waals surface area contributed by atoms with Gasteiger partial charge in [-0.15, -0.1) is 0 Å². The molecule has 1 fully saturated rings. The van der Waals surface area contributed by atoms with Gasteiger partial charge in [-0.3, -0.25) is 9.69 Å². The number of piperidine rings is 1. The number of carbonyl (C=O) groups is 1. The molecule has 1 saturated heterocycles. The fraction of sp³-hybridized carbons (Fsp3) is 0.929. The molecule has 1 heterocycles. The quantitative estimate of drug-likeness (QED) is 0.797. The predicted octanol–water partition coefficient (Wildman–Crippen LogP) is 1.36. The number of amides is 1. The van der Waals surface area contributed by atoms with Crippen LogP contribution in [-0.2, 0) is 4.79 Å². The van der Waals surface area contributed by atoms with E-state index in [1.165, 1.54) is 19.3 Å². The second-order valence-electron chi connectivity index (χ2n) is 6.50. The monoisotopic (exact) mass is 255 g/mol. The first-order valence-electron chi connectivity index (χ1n) is 7.05. The van der Waals surface area contributed by atoms with Crippen molar-refractivity contribution in [3.8, 4) is 0 Å². The van der Waals surface area contributed by atoms with Crippen LogP contribution in [-0.4, -0.2) is 48.6 Å². The van der Waals surface area contributed by atoms with Gasteiger partial charge in [0.15, 0.2) is 0 Å². The van der Waals surface area contributed by atoms with Crippen LogP contribution in [0.25, 0.3) is 0 Å². The van der Waals surface area contributed by atoms with Crippen LogP contribution < -0.4 is 10.6 Å². The van der Waals surface area contributed by atoms with Crippen LogP contribution in [0.3, 0.4) is 0 Å². The molecule has 2 atom stereocenters. The number of rotatable bonds is 4. The lowest BCUT2D eigenvalue weighted by Crippen LogP contribution is -2.52. The van der Waals surface area contributed by atoms with Gasteiger partial charge in [-0.1, -0.05) is 6.42 Å². The molecular formula is C14H29N3O. The maximum absolute atomic E-state index is 12.1. The molecule has 0 aromatic heterocycles. The molecule has 1 rings (SSSR count). The second kappa shape index (κ2) is 6.53. The van der Waals surface area contributed by atoms with Gasteiger partial charge in [0.05, 0.1) is 6.04 Å². The van der Waals surface area contributed by atoms with E-state index in [0.29, 0.717) is 6.04 Å². The van der Waals surface area contributed by atoms with Crippen LogP contribution in [0.15, 0.2) is 0 Å². The summed E-state index contributed by atoms with van der Waals surface area (Å²) >= 11 is 0. The zero-order valence-corrected chi connectivity index (χ0v) is 12.5. The summed E-state index contributed by atoms with van der Waals surface area (Å²) in [5.74, 6) is 0.112. The third kappa shape index (κ3) is 5.36. The zero-order chi connectivity index (χ0) is 13.8. The van der Waals surface area contributed by atoms with E-state index in [-0.39, 0.29) is 17.5 Å². The summed E-state index contributed by atoms with van der Waals surface area (Å²) in [7, 11) is 2.03. The Hall–Kier alpha value is -0.610. The molecular weight excluding hydrogens is 226 g/mol. The highest BCUT2D eigenvalue weighted by atomic mass is 16.2. The van der Waals surface area contributed by atoms with Crippen molar-refractivity contribution >= 4 is 5.91 Å². The van der Waals surface area contributed by atoms with Crippen molar-refractivity contribution in [2.75, 3.05) is 20.1 Å². The van der Waals surface area contributed by atoms with Crippen LogP contribution in [0, 0.1) is 0 Å². The van der Waals surface area contributed by atoms with Crippen molar-refractivity contribution in [2.45, 2.75) is 64.6 Å². The highest BCUT2D eigenvalue weighted by Gasteiger charge is 2.24. The number of likely N-dealkylation sites (N-methyl/N-ethyl adjacent to an activating group) is 1. The van der Waals surface area contributed by atoms with Gasteiger partial charge in [0.2, 0.25) is 5.91 Å². The minimum atomic E-state index is -0.157. The summed E-state index contributed by atoms with van der Waals surface area (Å²) in [6.45, 7) is 10.1. The van der Waals surface area contributed by atoms with Crippen molar-refractivity contribution in [1.29, 1.82) is 0 Å². The minimum Gasteiger partial charge on any atom is -0.350 e. The van der Waals surface area contributed by atoms with E-state index in [4.69, 9.17) is 0 Å². The molecule has 2 N–H and O–H groups in total. The Labute approximate surface area is 111 Å². The van der Waals surface area contributed by atoms with Crippen molar-refractivity contribution in [3.05, 3.63) is 0 Å². The first kappa shape index (κ1) is 15.4. The molecule has 1 aliphatic rings. The largest absolute Gasteiger partial charge is 0.350 e. The molecule has 2 unspecified atom stereocenters. The molecule has 106 valence electrons. The van der Waals surface area contributed by atoms with E-state index in [1.54, 1.807) is 0 Å². The maximum Gasteiger partial charge on any atom is 0.237 e. The molecule has 0 bridgehead atoms. The molecule has 0 saturated carbocycles. The minimum absolute atomic E-state index is 0.0760. The van der Waals surface area contributed by atoms with Crippen LogP contribution in [0.2, 0.25) is 0 Å². The second-order valence-corrected chi connectivity index (χ2v) is 6.50.